The maximum atomic E-state index is 9.64. The van der Waals surface area contributed by atoms with Crippen LogP contribution in [0.5, 0.6) is 5.75 Å². The molecule has 0 saturated heterocycles. The Hall–Kier alpha value is -2.57. The third-order valence-corrected chi connectivity index (χ3v) is 3.74. The van der Waals surface area contributed by atoms with Crippen LogP contribution in [-0.2, 0) is 0 Å². The lowest BCUT2D eigenvalue weighted by Crippen LogP contribution is -2.02. The van der Waals surface area contributed by atoms with Gasteiger partial charge in [0.15, 0.2) is 5.75 Å². The van der Waals surface area contributed by atoms with Crippen molar-refractivity contribution in [3.05, 3.63) is 52.6 Å². The molecule has 0 aliphatic rings. The summed E-state index contributed by atoms with van der Waals surface area (Å²) in [5.41, 5.74) is 1.98. The molecule has 24 heavy (non-hydrogen) atoms. The van der Waals surface area contributed by atoms with Gasteiger partial charge in [0, 0.05) is 25.0 Å². The fourth-order valence-electron chi connectivity index (χ4n) is 2.05. The largest absolute Gasteiger partial charge is 0.505 e. The number of benzene rings is 1. The molecule has 0 aliphatic heterocycles. The summed E-state index contributed by atoms with van der Waals surface area (Å²) in [6.45, 7) is 0. The maximum absolute atomic E-state index is 9.64. The topological polar surface area (TPSA) is 83.0 Å². The summed E-state index contributed by atoms with van der Waals surface area (Å²) in [5, 5.41) is 15.9. The molecule has 2 heterocycles. The molecule has 3 N–H and O–H groups in total. The van der Waals surface area contributed by atoms with Gasteiger partial charge in [-0.3, -0.25) is 4.98 Å². The van der Waals surface area contributed by atoms with Crippen LogP contribution >= 0.6 is 23.2 Å². The van der Waals surface area contributed by atoms with Gasteiger partial charge >= 0.3 is 0 Å². The van der Waals surface area contributed by atoms with E-state index < -0.39 is 0 Å². The highest BCUT2D eigenvalue weighted by molar-refractivity contribution is 6.37. The SMILES string of the molecule is CNc1nc(Nc2cc(Cl)c(O)c(Cl)c2)cc(-c2ccccn2)n1. The number of nitrogens with zero attached hydrogens (tertiary/aromatic N) is 3. The van der Waals surface area contributed by atoms with Gasteiger partial charge in [-0.1, -0.05) is 29.3 Å². The second kappa shape index (κ2) is 6.90. The molecule has 0 saturated carbocycles. The van der Waals surface area contributed by atoms with Crippen LogP contribution < -0.4 is 10.6 Å². The molecule has 1 aromatic carbocycles. The summed E-state index contributed by atoms with van der Waals surface area (Å²) in [6.07, 6.45) is 1.70. The Kier molecular flexibility index (Phi) is 4.69. The van der Waals surface area contributed by atoms with Crippen molar-refractivity contribution < 1.29 is 5.11 Å². The normalized spacial score (nSPS) is 10.5. The highest BCUT2D eigenvalue weighted by Gasteiger charge is 2.10. The summed E-state index contributed by atoms with van der Waals surface area (Å²) in [5.74, 6) is 0.820. The van der Waals surface area contributed by atoms with Crippen molar-refractivity contribution in [3.63, 3.8) is 0 Å². The number of nitrogens with one attached hydrogen (secondary N) is 2. The van der Waals surface area contributed by atoms with E-state index >= 15 is 0 Å². The van der Waals surface area contributed by atoms with Gasteiger partial charge in [0.25, 0.3) is 0 Å². The maximum Gasteiger partial charge on any atom is 0.225 e. The lowest BCUT2D eigenvalue weighted by atomic mass is 10.2. The molecule has 0 unspecified atom stereocenters. The minimum atomic E-state index is -0.156. The number of rotatable bonds is 4. The van der Waals surface area contributed by atoms with E-state index in [0.717, 1.165) is 5.69 Å². The zero-order chi connectivity index (χ0) is 17.1. The molecule has 2 aromatic heterocycles. The van der Waals surface area contributed by atoms with Crippen LogP contribution in [-0.4, -0.2) is 27.1 Å². The number of aromatic nitrogens is 3. The predicted octanol–water partition coefficient (Wildman–Crippen LogP) is 4.34. The van der Waals surface area contributed by atoms with Gasteiger partial charge in [-0.05, 0) is 24.3 Å². The fourth-order valence-corrected chi connectivity index (χ4v) is 2.54. The molecule has 122 valence electrons. The van der Waals surface area contributed by atoms with Crippen LogP contribution in [0.4, 0.5) is 17.5 Å². The number of hydrogen-bond donors (Lipinski definition) is 3. The van der Waals surface area contributed by atoms with E-state index in [1.54, 1.807) is 31.4 Å². The number of anilines is 3. The summed E-state index contributed by atoms with van der Waals surface area (Å²) >= 11 is 11.9. The van der Waals surface area contributed by atoms with Crippen molar-refractivity contribution in [2.45, 2.75) is 0 Å². The lowest BCUT2D eigenvalue weighted by Gasteiger charge is -2.11. The lowest BCUT2D eigenvalue weighted by molar-refractivity contribution is 0.476. The molecule has 0 radical (unpaired) electrons. The number of phenolic OH excluding ortho intramolecular Hbond substituents is 1. The van der Waals surface area contributed by atoms with E-state index in [4.69, 9.17) is 23.2 Å². The summed E-state index contributed by atoms with van der Waals surface area (Å²) < 4.78 is 0. The van der Waals surface area contributed by atoms with Crippen LogP contribution in [0.15, 0.2) is 42.6 Å². The molecular formula is C16H13Cl2N5O. The van der Waals surface area contributed by atoms with Crippen molar-refractivity contribution in [2.75, 3.05) is 17.7 Å². The van der Waals surface area contributed by atoms with Gasteiger partial charge in [0.1, 0.15) is 5.82 Å². The van der Waals surface area contributed by atoms with E-state index in [1.807, 2.05) is 18.2 Å². The number of pyridine rings is 1. The van der Waals surface area contributed by atoms with Crippen molar-refractivity contribution in [1.82, 2.24) is 15.0 Å². The smallest absolute Gasteiger partial charge is 0.225 e. The number of aromatic hydroxyl groups is 1. The van der Waals surface area contributed by atoms with Crippen LogP contribution in [0.1, 0.15) is 0 Å². The first-order valence-corrected chi connectivity index (χ1v) is 7.75. The van der Waals surface area contributed by atoms with Gasteiger partial charge in [-0.25, -0.2) is 4.98 Å². The minimum absolute atomic E-state index is 0.151. The molecule has 0 spiro atoms. The van der Waals surface area contributed by atoms with Crippen molar-refractivity contribution in [3.8, 4) is 17.1 Å². The minimum Gasteiger partial charge on any atom is -0.505 e. The Morgan fingerprint density at radius 3 is 2.38 bits per heavy atom. The third kappa shape index (κ3) is 3.50. The van der Waals surface area contributed by atoms with Crippen molar-refractivity contribution in [1.29, 1.82) is 0 Å². The molecule has 0 fully saturated rings. The zero-order valence-electron chi connectivity index (χ0n) is 12.6. The molecule has 0 bridgehead atoms. The Labute approximate surface area is 148 Å². The number of hydrogen-bond acceptors (Lipinski definition) is 6. The quantitative estimate of drug-likeness (QED) is 0.599. The zero-order valence-corrected chi connectivity index (χ0v) is 14.1. The first-order chi connectivity index (χ1) is 11.6. The molecule has 0 aliphatic carbocycles. The van der Waals surface area contributed by atoms with E-state index in [0.29, 0.717) is 23.1 Å². The van der Waals surface area contributed by atoms with Crippen LogP contribution in [0, 0.1) is 0 Å². The number of halogens is 2. The van der Waals surface area contributed by atoms with Crippen LogP contribution in [0.3, 0.4) is 0 Å². The Bertz CT molecular complexity index is 851. The fraction of sp³-hybridized carbons (Fsp3) is 0.0625. The first kappa shape index (κ1) is 16.3. The average molecular weight is 362 g/mol. The van der Waals surface area contributed by atoms with Crippen molar-refractivity contribution >= 4 is 40.7 Å². The van der Waals surface area contributed by atoms with E-state index in [-0.39, 0.29) is 15.8 Å². The molecule has 6 nitrogen and oxygen atoms in total. The molecule has 0 amide bonds. The monoisotopic (exact) mass is 361 g/mol. The third-order valence-electron chi connectivity index (χ3n) is 3.17. The average Bonchev–Trinajstić information content (AvgIpc) is 2.60. The standard InChI is InChI=1S/C16H13Cl2N5O/c1-19-16-22-13(12-4-2-3-5-20-12)8-14(23-16)21-9-6-10(17)15(24)11(18)7-9/h2-8,24H,1H3,(H2,19,21,22,23). The molecular weight excluding hydrogens is 349 g/mol. The van der Waals surface area contributed by atoms with Crippen molar-refractivity contribution in [2.24, 2.45) is 0 Å². The first-order valence-electron chi connectivity index (χ1n) is 7.00. The van der Waals surface area contributed by atoms with Gasteiger partial charge in [0.05, 0.1) is 21.4 Å². The van der Waals surface area contributed by atoms with Gasteiger partial charge in [0.2, 0.25) is 5.95 Å². The predicted molar refractivity (Wildman–Crippen MR) is 96.2 cm³/mol. The Balaban J connectivity index is 1.99. The van der Waals surface area contributed by atoms with Crippen LogP contribution in [0.2, 0.25) is 10.0 Å². The Morgan fingerprint density at radius 1 is 1.00 bits per heavy atom. The second-order valence-electron chi connectivity index (χ2n) is 4.84. The summed E-state index contributed by atoms with van der Waals surface area (Å²) in [4.78, 5) is 13.0. The van der Waals surface area contributed by atoms with Gasteiger partial charge < -0.3 is 15.7 Å². The van der Waals surface area contributed by atoms with E-state index in [2.05, 4.69) is 25.6 Å². The van der Waals surface area contributed by atoms with E-state index in [1.165, 1.54) is 0 Å². The number of phenols is 1. The van der Waals surface area contributed by atoms with Gasteiger partial charge in [-0.2, -0.15) is 4.98 Å². The van der Waals surface area contributed by atoms with Gasteiger partial charge in [-0.15, -0.1) is 0 Å². The summed E-state index contributed by atoms with van der Waals surface area (Å²) in [6, 6.07) is 10.5. The molecule has 3 aromatic rings. The summed E-state index contributed by atoms with van der Waals surface area (Å²) in [7, 11) is 1.73. The second-order valence-corrected chi connectivity index (χ2v) is 5.65. The van der Waals surface area contributed by atoms with Crippen LogP contribution in [0.25, 0.3) is 11.4 Å². The molecule has 0 atom stereocenters. The highest BCUT2D eigenvalue weighted by Crippen LogP contribution is 2.35. The Morgan fingerprint density at radius 2 is 1.75 bits per heavy atom. The molecule has 8 heteroatoms. The van der Waals surface area contributed by atoms with E-state index in [9.17, 15) is 5.11 Å². The molecule has 3 rings (SSSR count). The highest BCUT2D eigenvalue weighted by atomic mass is 35.5.